The third-order valence-corrected chi connectivity index (χ3v) is 7.78. The molecule has 3 amide bonds. The minimum atomic E-state index is -0.481. The molecule has 0 unspecified atom stereocenters. The highest BCUT2D eigenvalue weighted by Gasteiger charge is 2.36. The number of imide groups is 1. The van der Waals surface area contributed by atoms with Crippen molar-refractivity contribution in [1.82, 2.24) is 9.47 Å². The predicted molar refractivity (Wildman–Crippen MR) is 159 cm³/mol. The predicted octanol–water partition coefficient (Wildman–Crippen LogP) is 6.53. The van der Waals surface area contributed by atoms with E-state index < -0.39 is 17.1 Å². The number of anilines is 1. The van der Waals surface area contributed by atoms with Crippen LogP contribution in [0.2, 0.25) is 0 Å². The molecular weight excluding hydrogens is 522 g/mol. The van der Waals surface area contributed by atoms with Gasteiger partial charge in [0.1, 0.15) is 12.3 Å². The van der Waals surface area contributed by atoms with Gasteiger partial charge in [0.05, 0.1) is 12.0 Å². The topological polar surface area (TPSA) is 80.6 Å². The highest BCUT2D eigenvalue weighted by Crippen LogP contribution is 2.34. The Hall–Kier alpha value is -4.82. The van der Waals surface area contributed by atoms with Crippen LogP contribution in [0.15, 0.2) is 102 Å². The van der Waals surface area contributed by atoms with Crippen LogP contribution in [0, 0.1) is 0 Å². The van der Waals surface area contributed by atoms with Gasteiger partial charge in [0.2, 0.25) is 5.91 Å². The van der Waals surface area contributed by atoms with Gasteiger partial charge in [-0.25, -0.2) is 0 Å². The molecule has 0 bridgehead atoms. The van der Waals surface area contributed by atoms with Crippen molar-refractivity contribution in [2.24, 2.45) is 0 Å². The van der Waals surface area contributed by atoms with E-state index in [1.165, 1.54) is 16.3 Å². The van der Waals surface area contributed by atoms with E-state index in [0.29, 0.717) is 18.0 Å². The largest absolute Gasteiger partial charge is 0.497 e. The maximum Gasteiger partial charge on any atom is 0.294 e. The summed E-state index contributed by atoms with van der Waals surface area (Å²) in [6, 6.07) is 29.4. The number of carbonyl (C=O) groups excluding carboxylic acids is 3. The summed E-state index contributed by atoms with van der Waals surface area (Å²) in [5, 5.41) is 5.60. The lowest BCUT2D eigenvalue weighted by atomic mass is 10.0. The van der Waals surface area contributed by atoms with E-state index in [-0.39, 0.29) is 11.4 Å². The summed E-state index contributed by atoms with van der Waals surface area (Å²) in [7, 11) is 1.56. The van der Waals surface area contributed by atoms with Crippen molar-refractivity contribution >= 4 is 62.3 Å². The summed E-state index contributed by atoms with van der Waals surface area (Å²) < 4.78 is 7.29. The van der Waals surface area contributed by atoms with Crippen LogP contribution in [0.4, 0.5) is 10.5 Å². The first-order valence-electron chi connectivity index (χ1n) is 12.7. The minimum absolute atomic E-state index is 0.287. The number of hydrogen-bond donors (Lipinski definition) is 1. The second kappa shape index (κ2) is 10.7. The molecule has 1 aliphatic heterocycles. The molecule has 6 rings (SSSR count). The Labute approximate surface area is 235 Å². The number of rotatable bonds is 7. The molecule has 2 heterocycles. The molecule has 198 valence electrons. The second-order valence-electron chi connectivity index (χ2n) is 9.41. The van der Waals surface area contributed by atoms with Crippen LogP contribution in [-0.2, 0) is 16.1 Å². The normalized spacial score (nSPS) is 14.4. The highest BCUT2D eigenvalue weighted by molar-refractivity contribution is 8.18. The Kier molecular flexibility index (Phi) is 6.84. The molecule has 5 aromatic rings. The number of nitrogens with zero attached hydrogens (tertiary/aromatic N) is 2. The average Bonchev–Trinajstić information content (AvgIpc) is 3.45. The maximum atomic E-state index is 13.2. The summed E-state index contributed by atoms with van der Waals surface area (Å²) in [5.41, 5.74) is 3.60. The first-order chi connectivity index (χ1) is 19.5. The second-order valence-corrected chi connectivity index (χ2v) is 10.4. The molecule has 1 saturated heterocycles. The van der Waals surface area contributed by atoms with Crippen LogP contribution in [0.25, 0.3) is 27.8 Å². The lowest BCUT2D eigenvalue weighted by Crippen LogP contribution is -2.36. The Morgan fingerprint density at radius 2 is 1.62 bits per heavy atom. The van der Waals surface area contributed by atoms with Crippen LogP contribution in [0.5, 0.6) is 5.75 Å². The Morgan fingerprint density at radius 1 is 0.900 bits per heavy atom. The molecule has 7 nitrogen and oxygen atoms in total. The van der Waals surface area contributed by atoms with Crippen molar-refractivity contribution in [3.05, 3.63) is 113 Å². The van der Waals surface area contributed by atoms with Gasteiger partial charge in [0.25, 0.3) is 11.1 Å². The summed E-state index contributed by atoms with van der Waals surface area (Å²) in [6.45, 7) is 0.291. The Morgan fingerprint density at radius 3 is 2.42 bits per heavy atom. The molecule has 1 fully saturated rings. The van der Waals surface area contributed by atoms with Crippen molar-refractivity contribution in [3.8, 4) is 5.75 Å². The first-order valence-corrected chi connectivity index (χ1v) is 13.6. The summed E-state index contributed by atoms with van der Waals surface area (Å²) in [4.78, 5) is 39.8. The zero-order valence-corrected chi connectivity index (χ0v) is 22.5. The SMILES string of the molecule is COc1ccc(NC(=O)CN2C(=O)S/C(=C/c3cn(Cc4cccc5ccccc45)c4ccccc34)C2=O)cc1. The lowest BCUT2D eigenvalue weighted by molar-refractivity contribution is -0.127. The quantitative estimate of drug-likeness (QED) is 0.235. The van der Waals surface area contributed by atoms with E-state index in [1.807, 2.05) is 42.6 Å². The minimum Gasteiger partial charge on any atom is -0.497 e. The third kappa shape index (κ3) is 4.97. The van der Waals surface area contributed by atoms with Crippen molar-refractivity contribution in [2.75, 3.05) is 19.0 Å². The van der Waals surface area contributed by atoms with Gasteiger partial charge in [-0.05, 0) is 64.5 Å². The van der Waals surface area contributed by atoms with Crippen molar-refractivity contribution < 1.29 is 19.1 Å². The highest BCUT2D eigenvalue weighted by atomic mass is 32.2. The fraction of sp³-hybridized carbons (Fsp3) is 0.0938. The molecule has 0 spiro atoms. The van der Waals surface area contributed by atoms with Crippen LogP contribution >= 0.6 is 11.8 Å². The smallest absolute Gasteiger partial charge is 0.294 e. The number of carbonyl (C=O) groups is 3. The number of fused-ring (bicyclic) bond motifs is 2. The van der Waals surface area contributed by atoms with Gasteiger partial charge in [0, 0.05) is 34.9 Å². The molecule has 1 aliphatic rings. The zero-order valence-electron chi connectivity index (χ0n) is 21.7. The molecule has 1 N–H and O–H groups in total. The Balaban J connectivity index is 1.24. The third-order valence-electron chi connectivity index (χ3n) is 6.88. The number of thioether (sulfide) groups is 1. The number of methoxy groups -OCH3 is 1. The molecule has 1 aromatic heterocycles. The molecule has 8 heteroatoms. The molecule has 4 aromatic carbocycles. The van der Waals surface area contributed by atoms with Crippen LogP contribution in [-0.4, -0.2) is 40.2 Å². The first kappa shape index (κ1) is 25.5. The average molecular weight is 548 g/mol. The van der Waals surface area contributed by atoms with Gasteiger partial charge in [-0.3, -0.25) is 19.3 Å². The summed E-state index contributed by atoms with van der Waals surface area (Å²) in [5.74, 6) is -0.279. The van der Waals surface area contributed by atoms with Crippen LogP contribution in [0.1, 0.15) is 11.1 Å². The number of ether oxygens (including phenoxy) is 1. The molecular formula is C32H25N3O4S. The number of hydrogen-bond acceptors (Lipinski definition) is 5. The van der Waals surface area contributed by atoms with Crippen molar-refractivity contribution in [2.45, 2.75) is 6.54 Å². The Bertz CT molecular complexity index is 1800. The molecule has 0 saturated carbocycles. The van der Waals surface area contributed by atoms with Crippen molar-refractivity contribution in [1.29, 1.82) is 0 Å². The van der Waals surface area contributed by atoms with Gasteiger partial charge in [-0.2, -0.15) is 0 Å². The molecule has 0 aliphatic carbocycles. The van der Waals surface area contributed by atoms with Gasteiger partial charge >= 0.3 is 0 Å². The summed E-state index contributed by atoms with van der Waals surface area (Å²) >= 11 is 0.846. The molecule has 40 heavy (non-hydrogen) atoms. The molecule has 0 radical (unpaired) electrons. The van der Waals surface area contributed by atoms with E-state index in [0.717, 1.165) is 33.1 Å². The van der Waals surface area contributed by atoms with Crippen LogP contribution in [0.3, 0.4) is 0 Å². The van der Waals surface area contributed by atoms with Gasteiger partial charge in [0.15, 0.2) is 0 Å². The zero-order chi connectivity index (χ0) is 27.6. The number of amides is 3. The monoisotopic (exact) mass is 547 g/mol. The van der Waals surface area contributed by atoms with Crippen LogP contribution < -0.4 is 10.1 Å². The van der Waals surface area contributed by atoms with E-state index in [9.17, 15) is 14.4 Å². The number of para-hydroxylation sites is 1. The summed E-state index contributed by atoms with van der Waals surface area (Å²) in [6.07, 6.45) is 3.75. The number of aromatic nitrogens is 1. The van der Waals surface area contributed by atoms with E-state index in [2.05, 4.69) is 40.2 Å². The fourth-order valence-corrected chi connectivity index (χ4v) is 5.76. The number of nitrogens with one attached hydrogen (secondary N) is 1. The standard InChI is InChI=1S/C32H25N3O4S/c1-39-25-15-13-24(14-16-25)33-30(36)20-35-31(37)29(40-32(35)38)17-23-19-34(28-12-5-4-11-27(23)28)18-22-9-6-8-21-7-2-3-10-26(21)22/h2-17,19H,18,20H2,1H3,(H,33,36)/b29-17+. The van der Waals surface area contributed by atoms with E-state index in [4.69, 9.17) is 4.74 Å². The maximum absolute atomic E-state index is 13.2. The number of benzene rings is 4. The van der Waals surface area contributed by atoms with E-state index in [1.54, 1.807) is 37.5 Å². The van der Waals surface area contributed by atoms with Gasteiger partial charge in [-0.1, -0.05) is 60.7 Å². The van der Waals surface area contributed by atoms with Gasteiger partial charge in [-0.15, -0.1) is 0 Å². The molecule has 0 atom stereocenters. The van der Waals surface area contributed by atoms with Gasteiger partial charge < -0.3 is 14.6 Å². The van der Waals surface area contributed by atoms with E-state index >= 15 is 0 Å². The van der Waals surface area contributed by atoms with Crippen molar-refractivity contribution in [3.63, 3.8) is 0 Å². The lowest BCUT2D eigenvalue weighted by Gasteiger charge is -2.12. The fourth-order valence-electron chi connectivity index (χ4n) is 4.93.